The van der Waals surface area contributed by atoms with Gasteiger partial charge in [0.2, 0.25) is 0 Å². The number of ketones is 1. The molecule has 1 aromatic heterocycles. The summed E-state index contributed by atoms with van der Waals surface area (Å²) in [6.07, 6.45) is 0. The highest BCUT2D eigenvalue weighted by atomic mass is 16.5. The minimum atomic E-state index is -0.885. The average Bonchev–Trinajstić information content (AvgIpc) is 2.73. The van der Waals surface area contributed by atoms with Crippen molar-refractivity contribution in [1.82, 2.24) is 0 Å². The Labute approximate surface area is 98.2 Å². The van der Waals surface area contributed by atoms with Crippen molar-refractivity contribution < 1.29 is 18.7 Å². The van der Waals surface area contributed by atoms with Crippen LogP contribution in [0.3, 0.4) is 0 Å². The molecule has 2 aromatic rings. The monoisotopic (exact) mass is 232 g/mol. The summed E-state index contributed by atoms with van der Waals surface area (Å²) in [5.74, 6) is -1.61. The summed E-state index contributed by atoms with van der Waals surface area (Å²) in [6, 6.07) is 7.07. The first-order valence-electron chi connectivity index (χ1n) is 5.34. The molecule has 0 aliphatic carbocycles. The first-order chi connectivity index (χ1) is 8.13. The molecule has 1 heterocycles. The number of esters is 1. The lowest BCUT2D eigenvalue weighted by Crippen LogP contribution is -2.16. The van der Waals surface area contributed by atoms with E-state index >= 15 is 0 Å². The molecule has 0 radical (unpaired) electrons. The van der Waals surface area contributed by atoms with Gasteiger partial charge in [-0.25, -0.2) is 4.79 Å². The van der Waals surface area contributed by atoms with E-state index in [1.807, 2.05) is 19.1 Å². The van der Waals surface area contributed by atoms with Crippen LogP contribution >= 0.6 is 0 Å². The maximum absolute atomic E-state index is 11.6. The SMILES string of the molecule is CCOC(=O)C(=O)c1cc2c(C)cccc2o1. The molecular formula is C13H12O4. The highest BCUT2D eigenvalue weighted by molar-refractivity contribution is 6.40. The molecule has 0 N–H and O–H groups in total. The smallest absolute Gasteiger partial charge is 0.383 e. The minimum absolute atomic E-state index is 0.0211. The van der Waals surface area contributed by atoms with Crippen LogP contribution in [0, 0.1) is 6.92 Å². The van der Waals surface area contributed by atoms with Crippen molar-refractivity contribution in [2.45, 2.75) is 13.8 Å². The fourth-order valence-corrected chi connectivity index (χ4v) is 1.62. The number of ether oxygens (including phenoxy) is 1. The summed E-state index contributed by atoms with van der Waals surface area (Å²) in [6.45, 7) is 3.73. The van der Waals surface area contributed by atoms with E-state index in [0.29, 0.717) is 5.58 Å². The number of aryl methyl sites for hydroxylation is 1. The highest BCUT2D eigenvalue weighted by Gasteiger charge is 2.22. The first-order valence-corrected chi connectivity index (χ1v) is 5.34. The molecule has 0 aliphatic rings. The summed E-state index contributed by atoms with van der Waals surface area (Å²) in [5.41, 5.74) is 1.59. The molecular weight excluding hydrogens is 220 g/mol. The Kier molecular flexibility index (Phi) is 2.95. The summed E-state index contributed by atoms with van der Waals surface area (Å²) in [4.78, 5) is 22.9. The van der Waals surface area contributed by atoms with E-state index in [2.05, 4.69) is 4.74 Å². The van der Waals surface area contributed by atoms with Crippen molar-refractivity contribution in [2.75, 3.05) is 6.61 Å². The topological polar surface area (TPSA) is 56.5 Å². The van der Waals surface area contributed by atoms with Gasteiger partial charge in [0.15, 0.2) is 5.76 Å². The molecule has 4 nitrogen and oxygen atoms in total. The van der Waals surface area contributed by atoms with Crippen LogP contribution in [0.25, 0.3) is 11.0 Å². The molecule has 0 atom stereocenters. The van der Waals surface area contributed by atoms with Crippen molar-refractivity contribution >= 4 is 22.7 Å². The number of fused-ring (bicyclic) bond motifs is 1. The predicted octanol–water partition coefficient (Wildman–Crippen LogP) is 2.49. The standard InChI is InChI=1S/C13H12O4/c1-3-16-13(15)12(14)11-7-9-8(2)5-4-6-10(9)17-11/h4-7H,3H2,1-2H3. The Morgan fingerprint density at radius 2 is 2.12 bits per heavy atom. The van der Waals surface area contributed by atoms with Crippen LogP contribution in [0.1, 0.15) is 23.0 Å². The van der Waals surface area contributed by atoms with Crippen LogP contribution in [0.15, 0.2) is 28.7 Å². The Hall–Kier alpha value is -2.10. The van der Waals surface area contributed by atoms with Gasteiger partial charge in [-0.1, -0.05) is 12.1 Å². The van der Waals surface area contributed by atoms with E-state index in [1.165, 1.54) is 0 Å². The molecule has 2 rings (SSSR count). The number of hydrogen-bond donors (Lipinski definition) is 0. The fraction of sp³-hybridized carbons (Fsp3) is 0.231. The van der Waals surface area contributed by atoms with Crippen molar-refractivity contribution in [2.24, 2.45) is 0 Å². The van der Waals surface area contributed by atoms with E-state index in [1.54, 1.807) is 19.1 Å². The van der Waals surface area contributed by atoms with Gasteiger partial charge in [0.1, 0.15) is 5.58 Å². The Bertz CT molecular complexity index is 580. The molecule has 0 saturated heterocycles. The highest BCUT2D eigenvalue weighted by Crippen LogP contribution is 2.22. The predicted molar refractivity (Wildman–Crippen MR) is 61.9 cm³/mol. The van der Waals surface area contributed by atoms with Gasteiger partial charge < -0.3 is 9.15 Å². The van der Waals surface area contributed by atoms with Gasteiger partial charge in [0, 0.05) is 5.39 Å². The first kappa shape index (κ1) is 11.4. The molecule has 0 bridgehead atoms. The molecule has 0 spiro atoms. The normalized spacial score (nSPS) is 10.5. The second-order valence-corrected chi connectivity index (χ2v) is 3.65. The summed E-state index contributed by atoms with van der Waals surface area (Å²) in [5, 5.41) is 0.833. The molecule has 4 heteroatoms. The number of furan rings is 1. The van der Waals surface area contributed by atoms with Gasteiger partial charge in [0.25, 0.3) is 0 Å². The van der Waals surface area contributed by atoms with Gasteiger partial charge in [-0.3, -0.25) is 4.79 Å². The third-order valence-corrected chi connectivity index (χ3v) is 2.46. The van der Waals surface area contributed by atoms with Crippen LogP contribution in [0.4, 0.5) is 0 Å². The lowest BCUT2D eigenvalue weighted by molar-refractivity contribution is -0.137. The van der Waals surface area contributed by atoms with E-state index in [4.69, 9.17) is 4.42 Å². The second kappa shape index (κ2) is 4.41. The Morgan fingerprint density at radius 3 is 2.76 bits per heavy atom. The van der Waals surface area contributed by atoms with Crippen molar-refractivity contribution in [1.29, 1.82) is 0 Å². The Morgan fingerprint density at radius 1 is 1.35 bits per heavy atom. The van der Waals surface area contributed by atoms with Gasteiger partial charge in [-0.15, -0.1) is 0 Å². The van der Waals surface area contributed by atoms with E-state index in [-0.39, 0.29) is 12.4 Å². The number of carbonyl (C=O) groups is 2. The van der Waals surface area contributed by atoms with Gasteiger partial charge in [0.05, 0.1) is 6.61 Å². The van der Waals surface area contributed by atoms with E-state index in [9.17, 15) is 9.59 Å². The largest absolute Gasteiger partial charge is 0.460 e. The van der Waals surface area contributed by atoms with Crippen LogP contribution < -0.4 is 0 Å². The minimum Gasteiger partial charge on any atom is -0.460 e. The third-order valence-electron chi connectivity index (χ3n) is 2.46. The number of Topliss-reactive ketones (excluding diaryl/α,β-unsaturated/α-hetero) is 1. The van der Waals surface area contributed by atoms with Crippen molar-refractivity contribution in [3.63, 3.8) is 0 Å². The molecule has 0 unspecified atom stereocenters. The number of carbonyl (C=O) groups excluding carboxylic acids is 2. The van der Waals surface area contributed by atoms with Crippen LogP contribution in [0.2, 0.25) is 0 Å². The van der Waals surface area contributed by atoms with E-state index in [0.717, 1.165) is 10.9 Å². The summed E-state index contributed by atoms with van der Waals surface area (Å²) in [7, 11) is 0. The molecule has 17 heavy (non-hydrogen) atoms. The second-order valence-electron chi connectivity index (χ2n) is 3.65. The van der Waals surface area contributed by atoms with Crippen molar-refractivity contribution in [3.8, 4) is 0 Å². The number of benzene rings is 1. The van der Waals surface area contributed by atoms with E-state index < -0.39 is 11.8 Å². The third kappa shape index (κ3) is 2.06. The molecule has 1 aromatic carbocycles. The fourth-order valence-electron chi connectivity index (χ4n) is 1.62. The average molecular weight is 232 g/mol. The zero-order chi connectivity index (χ0) is 12.4. The lowest BCUT2D eigenvalue weighted by Gasteiger charge is -1.96. The summed E-state index contributed by atoms with van der Waals surface area (Å²) < 4.78 is 9.96. The molecule has 0 saturated carbocycles. The zero-order valence-electron chi connectivity index (χ0n) is 9.65. The molecule has 0 aliphatic heterocycles. The number of hydrogen-bond acceptors (Lipinski definition) is 4. The number of rotatable bonds is 3. The maximum Gasteiger partial charge on any atom is 0.383 e. The Balaban J connectivity index is 2.40. The zero-order valence-corrected chi connectivity index (χ0v) is 9.65. The van der Waals surface area contributed by atoms with Gasteiger partial charge >= 0.3 is 11.8 Å². The quantitative estimate of drug-likeness (QED) is 0.463. The molecule has 88 valence electrons. The lowest BCUT2D eigenvalue weighted by atomic mass is 10.1. The molecule has 0 fully saturated rings. The van der Waals surface area contributed by atoms with Gasteiger partial charge in [-0.05, 0) is 31.5 Å². The van der Waals surface area contributed by atoms with Crippen LogP contribution in [0.5, 0.6) is 0 Å². The van der Waals surface area contributed by atoms with Crippen molar-refractivity contribution in [3.05, 3.63) is 35.6 Å². The molecule has 0 amide bonds. The maximum atomic E-state index is 11.6. The van der Waals surface area contributed by atoms with Gasteiger partial charge in [-0.2, -0.15) is 0 Å². The van der Waals surface area contributed by atoms with Crippen LogP contribution in [-0.2, 0) is 9.53 Å². The van der Waals surface area contributed by atoms with Crippen LogP contribution in [-0.4, -0.2) is 18.4 Å². The summed E-state index contributed by atoms with van der Waals surface area (Å²) >= 11 is 0.